The first-order valence-corrected chi connectivity index (χ1v) is 14.7. The topological polar surface area (TPSA) is 95.9 Å². The van der Waals surface area contributed by atoms with Crippen molar-refractivity contribution in [1.29, 1.82) is 0 Å². The number of nitrogens with zero attached hydrogens (tertiary/aromatic N) is 5. The number of anilines is 2. The van der Waals surface area contributed by atoms with Gasteiger partial charge in [0.1, 0.15) is 17.6 Å². The van der Waals surface area contributed by atoms with Crippen molar-refractivity contribution in [2.45, 2.75) is 50.6 Å². The Bertz CT molecular complexity index is 1450. The van der Waals surface area contributed by atoms with E-state index in [1.54, 1.807) is 24.3 Å². The molecule has 3 heterocycles. The summed E-state index contributed by atoms with van der Waals surface area (Å²) in [7, 11) is 2.03. The second-order valence-corrected chi connectivity index (χ2v) is 11.7. The van der Waals surface area contributed by atoms with E-state index in [4.69, 9.17) is 21.3 Å². The molecule has 2 aliphatic heterocycles. The van der Waals surface area contributed by atoms with Crippen LogP contribution in [0.5, 0.6) is 5.75 Å². The van der Waals surface area contributed by atoms with Crippen LogP contribution in [0.4, 0.5) is 16.6 Å². The molecule has 6 rings (SSSR count). The monoisotopic (exact) mass is 576 g/mol. The molecule has 0 saturated carbocycles. The fraction of sp³-hybridized carbons (Fsp3) is 0.419. The molecule has 3 aromatic rings. The number of aryl methyl sites for hydroxylation is 1. The Morgan fingerprint density at radius 3 is 2.49 bits per heavy atom. The van der Waals surface area contributed by atoms with Crippen LogP contribution in [0.1, 0.15) is 59.6 Å². The van der Waals surface area contributed by atoms with E-state index in [2.05, 4.69) is 14.8 Å². The molecule has 1 N–H and O–H groups in total. The first-order valence-electron chi connectivity index (χ1n) is 14.4. The number of fused-ring (bicyclic) bond motifs is 1. The molecule has 2 aromatic carbocycles. The maximum atomic E-state index is 14.5. The summed E-state index contributed by atoms with van der Waals surface area (Å²) in [5, 5.41) is 9.64. The van der Waals surface area contributed by atoms with Gasteiger partial charge in [-0.3, -0.25) is 0 Å². The van der Waals surface area contributed by atoms with E-state index >= 15 is 0 Å². The third-order valence-corrected chi connectivity index (χ3v) is 9.45. The highest BCUT2D eigenvalue weighted by atomic mass is 35.5. The van der Waals surface area contributed by atoms with Gasteiger partial charge in [-0.25, -0.2) is 19.1 Å². The highest BCUT2D eigenvalue weighted by molar-refractivity contribution is 6.33. The van der Waals surface area contributed by atoms with Gasteiger partial charge < -0.3 is 19.6 Å². The smallest absolute Gasteiger partial charge is 0.449 e. The Hall–Kier alpha value is -3.69. The lowest BCUT2D eigenvalue weighted by molar-refractivity contribution is -0.887. The fourth-order valence-electron chi connectivity index (χ4n) is 6.95. The number of ether oxygens (including phenoxy) is 1. The Kier molecular flexibility index (Phi) is 7.57. The number of benzene rings is 2. The van der Waals surface area contributed by atoms with Crippen molar-refractivity contribution < 1.29 is 23.9 Å². The Balaban J connectivity index is 1.30. The fourth-order valence-corrected chi connectivity index (χ4v) is 7.17. The highest BCUT2D eigenvalue weighted by Crippen LogP contribution is 2.46. The van der Waals surface area contributed by atoms with Crippen molar-refractivity contribution in [3.05, 3.63) is 76.4 Å². The van der Waals surface area contributed by atoms with E-state index in [1.807, 2.05) is 37.5 Å². The number of hydrogen-bond acceptors (Lipinski definition) is 7. The number of aromatic nitrogens is 2. The number of halogens is 1. The first kappa shape index (κ1) is 27.5. The van der Waals surface area contributed by atoms with E-state index in [-0.39, 0.29) is 28.2 Å². The van der Waals surface area contributed by atoms with Crippen molar-refractivity contribution in [2.75, 3.05) is 43.0 Å². The standard InChI is InChI=1S/C31H34ClN5O4/c1-37(29(38)24-6-2-3-7-26(24)32,27-11-9-21-8-10-23(20-25(21)27)41-31(39)40)22-13-18-35(19-14-22)28-12-15-33-30(34-28)36-16-4-5-17-36/h2-3,6-8,10,12,15,20,22,27H,4-5,9,11,13-14,16-19H2,1H3/p+1/t27-,37?/m1/s1. The molecule has 0 bridgehead atoms. The largest absolute Gasteiger partial charge is 0.511 e. The summed E-state index contributed by atoms with van der Waals surface area (Å²) in [5.74, 6) is 1.97. The van der Waals surface area contributed by atoms with Gasteiger partial charge in [-0.15, -0.1) is 0 Å². The number of carbonyl (C=O) groups excluding carboxylic acids is 1. The summed E-state index contributed by atoms with van der Waals surface area (Å²) in [6, 6.07) is 14.5. The molecule has 2 fully saturated rings. The molecule has 2 atom stereocenters. The summed E-state index contributed by atoms with van der Waals surface area (Å²) < 4.78 is 5.17. The Morgan fingerprint density at radius 1 is 1.00 bits per heavy atom. The third-order valence-electron chi connectivity index (χ3n) is 9.12. The maximum absolute atomic E-state index is 14.5. The van der Waals surface area contributed by atoms with Gasteiger partial charge in [0, 0.05) is 57.2 Å². The average Bonchev–Trinajstić information content (AvgIpc) is 3.67. The molecular weight excluding hydrogens is 542 g/mol. The molecule has 214 valence electrons. The number of piperidine rings is 1. The predicted octanol–water partition coefficient (Wildman–Crippen LogP) is 5.73. The van der Waals surface area contributed by atoms with Gasteiger partial charge in [-0.05, 0) is 55.2 Å². The van der Waals surface area contributed by atoms with Crippen LogP contribution < -0.4 is 14.5 Å². The second kappa shape index (κ2) is 11.3. The molecule has 10 heteroatoms. The minimum absolute atomic E-state index is 0.0187. The molecule has 1 amide bonds. The normalized spacial score (nSPS) is 20.5. The summed E-state index contributed by atoms with van der Waals surface area (Å²) in [6.45, 7) is 3.53. The van der Waals surface area contributed by atoms with Crippen LogP contribution in [-0.2, 0) is 6.42 Å². The number of rotatable bonds is 6. The van der Waals surface area contributed by atoms with E-state index < -0.39 is 6.16 Å². The van der Waals surface area contributed by atoms with E-state index in [9.17, 15) is 14.7 Å². The molecular formula is C31H35ClN5O4+. The Morgan fingerprint density at radius 2 is 1.76 bits per heavy atom. The molecule has 41 heavy (non-hydrogen) atoms. The zero-order chi connectivity index (χ0) is 28.6. The van der Waals surface area contributed by atoms with Gasteiger partial charge in [0.25, 0.3) is 0 Å². The van der Waals surface area contributed by atoms with E-state index in [0.717, 1.165) is 74.8 Å². The molecule has 9 nitrogen and oxygen atoms in total. The van der Waals surface area contributed by atoms with Crippen LogP contribution in [-0.4, -0.2) is 70.9 Å². The van der Waals surface area contributed by atoms with E-state index in [0.29, 0.717) is 10.6 Å². The Labute approximate surface area is 244 Å². The quantitative estimate of drug-likeness (QED) is 0.226. The van der Waals surface area contributed by atoms with Gasteiger partial charge in [0.15, 0.2) is 0 Å². The molecule has 3 aliphatic rings. The van der Waals surface area contributed by atoms with Crippen LogP contribution in [0.2, 0.25) is 5.02 Å². The lowest BCUT2D eigenvalue weighted by Crippen LogP contribution is -2.60. The summed E-state index contributed by atoms with van der Waals surface area (Å²) >= 11 is 6.58. The highest BCUT2D eigenvalue weighted by Gasteiger charge is 2.51. The minimum Gasteiger partial charge on any atom is -0.449 e. The molecule has 1 unspecified atom stereocenters. The summed E-state index contributed by atoms with van der Waals surface area (Å²) in [4.78, 5) is 39.7. The van der Waals surface area contributed by atoms with Gasteiger partial charge in [-0.2, -0.15) is 4.98 Å². The van der Waals surface area contributed by atoms with Crippen LogP contribution in [0, 0.1) is 0 Å². The van der Waals surface area contributed by atoms with Crippen molar-refractivity contribution in [3.63, 3.8) is 0 Å². The summed E-state index contributed by atoms with van der Waals surface area (Å²) in [5.41, 5.74) is 2.61. The van der Waals surface area contributed by atoms with Crippen molar-refractivity contribution in [3.8, 4) is 5.75 Å². The summed E-state index contributed by atoms with van der Waals surface area (Å²) in [6.07, 6.45) is 6.02. The number of carboxylic acid groups (broad SMARTS) is 1. The van der Waals surface area contributed by atoms with Gasteiger partial charge >= 0.3 is 12.1 Å². The number of amides is 1. The number of quaternary nitrogens is 1. The van der Waals surface area contributed by atoms with Gasteiger partial charge in [-0.1, -0.05) is 29.8 Å². The van der Waals surface area contributed by atoms with Crippen LogP contribution >= 0.6 is 11.6 Å². The number of hydrogen-bond donors (Lipinski definition) is 1. The van der Waals surface area contributed by atoms with Crippen molar-refractivity contribution >= 4 is 35.4 Å². The SMILES string of the molecule is C[N+](C(=O)c1ccccc1Cl)(C1CCN(c2ccnc(N3CCCC3)n2)CC1)[C@@H]1CCc2ccc(OC(=O)O)cc21. The van der Waals surface area contributed by atoms with Crippen LogP contribution in [0.3, 0.4) is 0 Å². The minimum atomic E-state index is -1.35. The third kappa shape index (κ3) is 5.24. The van der Waals surface area contributed by atoms with Gasteiger partial charge in [0.2, 0.25) is 5.95 Å². The molecule has 1 aromatic heterocycles. The molecule has 2 saturated heterocycles. The number of carbonyl (C=O) groups is 2. The van der Waals surface area contributed by atoms with E-state index in [1.165, 1.54) is 12.8 Å². The van der Waals surface area contributed by atoms with Gasteiger partial charge in [0.05, 0.1) is 23.7 Å². The zero-order valence-electron chi connectivity index (χ0n) is 23.2. The lowest BCUT2D eigenvalue weighted by Gasteiger charge is -2.47. The first-order chi connectivity index (χ1) is 19.8. The maximum Gasteiger partial charge on any atom is 0.511 e. The lowest BCUT2D eigenvalue weighted by atomic mass is 9.93. The molecule has 1 aliphatic carbocycles. The predicted molar refractivity (Wildman–Crippen MR) is 157 cm³/mol. The van der Waals surface area contributed by atoms with Crippen molar-refractivity contribution in [1.82, 2.24) is 9.97 Å². The van der Waals surface area contributed by atoms with Crippen LogP contribution in [0.25, 0.3) is 0 Å². The van der Waals surface area contributed by atoms with Crippen molar-refractivity contribution in [2.24, 2.45) is 0 Å². The van der Waals surface area contributed by atoms with Crippen LogP contribution in [0.15, 0.2) is 54.7 Å². The second-order valence-electron chi connectivity index (χ2n) is 11.3. The molecule has 0 spiro atoms. The zero-order valence-corrected chi connectivity index (χ0v) is 24.0. The average molecular weight is 577 g/mol. The molecule has 0 radical (unpaired) electrons.